The molecule has 2 saturated carbocycles. The number of aromatic nitrogens is 6. The number of H-pyrrole nitrogens is 2. The van der Waals surface area contributed by atoms with E-state index < -0.39 is 48.1 Å². The summed E-state index contributed by atoms with van der Waals surface area (Å²) in [7, 11) is 1.27. The zero-order chi connectivity index (χ0) is 40.0. The van der Waals surface area contributed by atoms with Crippen molar-refractivity contribution in [3.8, 4) is 33.9 Å². The average molecular weight is 791 g/mol. The third kappa shape index (κ3) is 7.86. The second-order valence-corrected chi connectivity index (χ2v) is 15.0. The summed E-state index contributed by atoms with van der Waals surface area (Å²) < 4.78 is 47.8. The predicted octanol–water partition coefficient (Wildman–Crippen LogP) is 5.45. The number of imidazole rings is 2. The van der Waals surface area contributed by atoms with Crippen LogP contribution in [0.15, 0.2) is 42.9 Å². The second-order valence-electron chi connectivity index (χ2n) is 15.0. The van der Waals surface area contributed by atoms with Gasteiger partial charge in [-0.3, -0.25) is 9.59 Å². The maximum absolute atomic E-state index is 14.4. The number of nitrogens with one attached hydrogen (secondary N) is 4. The molecule has 57 heavy (non-hydrogen) atoms. The molecule has 4 atom stereocenters. The van der Waals surface area contributed by atoms with E-state index in [1.165, 1.54) is 24.1 Å². The monoisotopic (exact) mass is 790 g/mol. The molecule has 4 amide bonds. The van der Waals surface area contributed by atoms with Crippen molar-refractivity contribution < 1.29 is 42.2 Å². The van der Waals surface area contributed by atoms with Gasteiger partial charge in [0.1, 0.15) is 23.7 Å². The fourth-order valence-electron chi connectivity index (χ4n) is 7.95. The third-order valence-corrected chi connectivity index (χ3v) is 11.1. The topological polar surface area (TPSA) is 211 Å². The van der Waals surface area contributed by atoms with E-state index in [-0.39, 0.29) is 47.4 Å². The van der Waals surface area contributed by atoms with Gasteiger partial charge in [-0.15, -0.1) is 0 Å². The Kier molecular flexibility index (Phi) is 10.1. The minimum atomic E-state index is -4.80. The molecule has 0 unspecified atom stereocenters. The first kappa shape index (κ1) is 37.9. The molecule has 300 valence electrons. The molecule has 4 aliphatic rings. The first-order valence-corrected chi connectivity index (χ1v) is 19.0. The highest BCUT2D eigenvalue weighted by atomic mass is 19.4. The normalized spacial score (nSPS) is 20.6. The van der Waals surface area contributed by atoms with Crippen LogP contribution in [-0.4, -0.2) is 101 Å². The van der Waals surface area contributed by atoms with Gasteiger partial charge in [-0.2, -0.15) is 13.2 Å². The lowest BCUT2D eigenvalue weighted by Crippen LogP contribution is -2.49. The number of rotatable bonds is 11. The van der Waals surface area contributed by atoms with Crippen LogP contribution in [0.25, 0.3) is 33.9 Å². The van der Waals surface area contributed by atoms with Crippen molar-refractivity contribution in [3.63, 3.8) is 0 Å². The maximum Gasteiger partial charge on any atom is 0.435 e. The Morgan fingerprint density at radius 1 is 0.772 bits per heavy atom. The molecule has 2 aliphatic heterocycles. The lowest BCUT2D eigenvalue weighted by atomic mass is 10.1. The molecule has 0 bridgehead atoms. The number of aromatic amines is 2. The predicted molar refractivity (Wildman–Crippen MR) is 195 cm³/mol. The van der Waals surface area contributed by atoms with Gasteiger partial charge in [0.25, 0.3) is 0 Å². The Hall–Kier alpha value is -6.01. The number of hydrogen-bond acceptors (Lipinski definition) is 9. The Balaban J connectivity index is 0.969. The summed E-state index contributed by atoms with van der Waals surface area (Å²) in [6, 6.07) is 3.58. The van der Waals surface area contributed by atoms with E-state index in [4.69, 9.17) is 4.74 Å². The van der Waals surface area contributed by atoms with Crippen molar-refractivity contribution in [3.05, 3.63) is 60.2 Å². The van der Waals surface area contributed by atoms with E-state index in [1.54, 1.807) is 35.6 Å². The summed E-state index contributed by atoms with van der Waals surface area (Å²) >= 11 is 0. The molecule has 0 radical (unpaired) electrons. The van der Waals surface area contributed by atoms with Crippen molar-refractivity contribution in [2.45, 2.75) is 81.7 Å². The van der Waals surface area contributed by atoms with Crippen LogP contribution in [0.1, 0.15) is 80.8 Å². The summed E-state index contributed by atoms with van der Waals surface area (Å²) in [4.78, 5) is 77.1. The van der Waals surface area contributed by atoms with E-state index in [9.17, 15) is 37.5 Å². The number of carbonyl (C=O) groups is 4. The number of nitrogens with zero attached hydrogens (tertiary/aromatic N) is 6. The lowest BCUT2D eigenvalue weighted by Gasteiger charge is -2.28. The van der Waals surface area contributed by atoms with Gasteiger partial charge in [-0.1, -0.05) is 24.3 Å². The second kappa shape index (κ2) is 15.2. The highest BCUT2D eigenvalue weighted by Gasteiger charge is 2.46. The standard InChI is InChI=1S/C38H41F3N10O6/c1-57-37(56)48-29(21-8-9-21)35(53)50-14-2-4-25(50)32-44-18-24(45-32)23-16-42-31(43-17-23)22-12-10-19(11-13-22)27-30(38(39,40)41)49-33(46-27)26-5-3-15-51(26)34(52)28(20-6-7-20)47-36(54)55/h10-13,16-18,20-21,25-26,28-29,47H,2-9,14-15H2,1H3,(H,44,45)(H,46,49)(H,48,56)(H,54,55)/t25-,26-,28-,29+/m0/s1. The molecular weight excluding hydrogens is 749 g/mol. The molecule has 19 heteroatoms. The van der Waals surface area contributed by atoms with Gasteiger partial charge in [-0.05, 0) is 63.2 Å². The number of carboxylic acid groups (broad SMARTS) is 1. The summed E-state index contributed by atoms with van der Waals surface area (Å²) in [6.45, 7) is 0.815. The van der Waals surface area contributed by atoms with Crippen molar-refractivity contribution in [2.24, 2.45) is 11.8 Å². The van der Waals surface area contributed by atoms with Gasteiger partial charge in [0.05, 0.1) is 36.8 Å². The number of hydrogen-bond donors (Lipinski definition) is 5. The largest absolute Gasteiger partial charge is 0.465 e. The SMILES string of the molecule is COC(=O)N[C@@H](C(=O)N1CCC[C@H]1c1ncc(-c2cnc(-c3ccc(-c4[nH]c([C@@H]5CCCN5C(=O)[C@@H](NC(=O)O)C5CC5)nc4C(F)(F)F)cc3)nc2)[nH]1)C1CC1. The molecule has 5 heterocycles. The summed E-state index contributed by atoms with van der Waals surface area (Å²) in [5.74, 6) is 0.251. The fraction of sp³-hybridized carbons (Fsp3) is 0.474. The van der Waals surface area contributed by atoms with Crippen LogP contribution >= 0.6 is 0 Å². The number of alkyl halides is 3. The Labute approximate surface area is 324 Å². The summed E-state index contributed by atoms with van der Waals surface area (Å²) in [5.41, 5.74) is 0.680. The number of carbonyl (C=O) groups excluding carboxylic acids is 3. The summed E-state index contributed by atoms with van der Waals surface area (Å²) in [5, 5.41) is 14.3. The third-order valence-electron chi connectivity index (χ3n) is 11.1. The highest BCUT2D eigenvalue weighted by molar-refractivity contribution is 5.87. The van der Waals surface area contributed by atoms with E-state index in [0.717, 1.165) is 19.3 Å². The van der Waals surface area contributed by atoms with Crippen LogP contribution in [0.5, 0.6) is 0 Å². The zero-order valence-electron chi connectivity index (χ0n) is 30.9. The Morgan fingerprint density at radius 2 is 1.33 bits per heavy atom. The lowest BCUT2D eigenvalue weighted by molar-refractivity contribution is -0.140. The van der Waals surface area contributed by atoms with Crippen LogP contribution in [0.3, 0.4) is 0 Å². The van der Waals surface area contributed by atoms with E-state index in [0.29, 0.717) is 67.1 Å². The smallest absolute Gasteiger partial charge is 0.435 e. The minimum absolute atomic E-state index is 0.0109. The van der Waals surface area contributed by atoms with Crippen LogP contribution < -0.4 is 10.6 Å². The number of amides is 4. The highest BCUT2D eigenvalue weighted by Crippen LogP contribution is 2.42. The molecule has 8 rings (SSSR count). The van der Waals surface area contributed by atoms with Crippen LogP contribution in [0.4, 0.5) is 22.8 Å². The van der Waals surface area contributed by atoms with Gasteiger partial charge in [0.15, 0.2) is 11.5 Å². The average Bonchev–Trinajstić information content (AvgIpc) is 3.94. The molecule has 4 fully saturated rings. The molecular formula is C38H41F3N10O6. The molecule has 2 aliphatic carbocycles. The first-order chi connectivity index (χ1) is 27.4. The van der Waals surface area contributed by atoms with Gasteiger partial charge in [-0.25, -0.2) is 29.5 Å². The maximum atomic E-state index is 14.4. The fourth-order valence-corrected chi connectivity index (χ4v) is 7.95. The Bertz CT molecular complexity index is 2150. The van der Waals surface area contributed by atoms with Crippen molar-refractivity contribution >= 4 is 24.0 Å². The number of likely N-dealkylation sites (tertiary alicyclic amines) is 2. The molecule has 3 aromatic heterocycles. The number of benzene rings is 1. The van der Waals surface area contributed by atoms with Gasteiger partial charge in [0, 0.05) is 42.2 Å². The van der Waals surface area contributed by atoms with Crippen LogP contribution in [-0.2, 0) is 20.5 Å². The van der Waals surface area contributed by atoms with Crippen LogP contribution in [0, 0.1) is 11.8 Å². The van der Waals surface area contributed by atoms with Gasteiger partial charge < -0.3 is 40.2 Å². The number of ether oxygens (including phenoxy) is 1. The van der Waals surface area contributed by atoms with Crippen molar-refractivity contribution in [1.82, 2.24) is 50.3 Å². The van der Waals surface area contributed by atoms with Crippen LogP contribution in [0.2, 0.25) is 0 Å². The Morgan fingerprint density at radius 3 is 1.88 bits per heavy atom. The molecule has 4 aromatic rings. The van der Waals surface area contributed by atoms with E-state index in [2.05, 4.69) is 40.5 Å². The van der Waals surface area contributed by atoms with Gasteiger partial charge in [0.2, 0.25) is 11.8 Å². The van der Waals surface area contributed by atoms with E-state index >= 15 is 0 Å². The first-order valence-electron chi connectivity index (χ1n) is 19.0. The number of alkyl carbamates (subject to hydrolysis) is 1. The summed E-state index contributed by atoms with van der Waals surface area (Å²) in [6.07, 6.45) is 3.58. The van der Waals surface area contributed by atoms with Crippen molar-refractivity contribution in [1.29, 1.82) is 0 Å². The minimum Gasteiger partial charge on any atom is -0.465 e. The molecule has 1 aromatic carbocycles. The van der Waals surface area contributed by atoms with Crippen molar-refractivity contribution in [2.75, 3.05) is 20.2 Å². The van der Waals surface area contributed by atoms with E-state index in [1.807, 2.05) is 0 Å². The molecule has 5 N–H and O–H groups in total. The zero-order valence-corrected chi connectivity index (χ0v) is 30.9. The molecule has 2 saturated heterocycles. The number of halogens is 3. The molecule has 16 nitrogen and oxygen atoms in total. The van der Waals surface area contributed by atoms with Gasteiger partial charge >= 0.3 is 18.4 Å². The number of methoxy groups -OCH3 is 1. The molecule has 0 spiro atoms. The quantitative estimate of drug-likeness (QED) is 0.130.